The fourth-order valence-electron chi connectivity index (χ4n) is 0.914. The second kappa shape index (κ2) is 4.26. The molecule has 0 unspecified atom stereocenters. The number of hydrogen-bond acceptors (Lipinski definition) is 1. The maximum atomic E-state index is 3.90. The summed E-state index contributed by atoms with van der Waals surface area (Å²) in [7, 11) is 0. The number of rotatable bonds is 0. The highest BCUT2D eigenvalue weighted by Gasteiger charge is 1.93. The molecule has 1 heterocycles. The Labute approximate surface area is 80.1 Å². The molecule has 0 spiro atoms. The minimum absolute atomic E-state index is 1.07. The molecule has 0 fully saturated rings. The Balaban J connectivity index is 0.000000336. The third-order valence-corrected chi connectivity index (χ3v) is 1.90. The van der Waals surface area contributed by atoms with E-state index in [4.69, 9.17) is 0 Å². The fraction of sp³-hybridized carbons (Fsp3) is 0.222. The topological polar surface area (TPSA) is 28.7 Å². The van der Waals surface area contributed by atoms with E-state index in [-0.39, 0.29) is 0 Å². The van der Waals surface area contributed by atoms with Crippen molar-refractivity contribution in [2.45, 2.75) is 13.8 Å². The van der Waals surface area contributed by atoms with Gasteiger partial charge in [-0.15, -0.1) is 0 Å². The summed E-state index contributed by atoms with van der Waals surface area (Å²) in [4.78, 5) is 0. The first kappa shape index (κ1) is 9.26. The number of H-pyrrole nitrogens is 1. The van der Waals surface area contributed by atoms with Gasteiger partial charge in [-0.3, -0.25) is 5.10 Å². The zero-order valence-corrected chi connectivity index (χ0v) is 8.72. The lowest BCUT2D eigenvalue weighted by molar-refractivity contribution is 1.12. The van der Waals surface area contributed by atoms with Crippen LogP contribution in [0.25, 0.3) is 10.9 Å². The summed E-state index contributed by atoms with van der Waals surface area (Å²) in [6, 6.07) is 6.01. The lowest BCUT2D eigenvalue weighted by atomic mass is 10.3. The van der Waals surface area contributed by atoms with Crippen molar-refractivity contribution in [1.29, 1.82) is 0 Å². The highest BCUT2D eigenvalue weighted by atomic mass is 79.9. The number of aromatic nitrogens is 2. The lowest BCUT2D eigenvalue weighted by Gasteiger charge is -1.87. The first-order valence-electron chi connectivity index (χ1n) is 3.95. The Morgan fingerprint density at radius 1 is 1.33 bits per heavy atom. The molecular weight excluding hydrogens is 216 g/mol. The SMILES string of the molecule is Brc1ccc2[nH]ncc2c1.CC. The molecule has 1 aromatic heterocycles. The predicted octanol–water partition coefficient (Wildman–Crippen LogP) is 3.35. The van der Waals surface area contributed by atoms with Crippen molar-refractivity contribution in [3.05, 3.63) is 28.9 Å². The quantitative estimate of drug-likeness (QED) is 0.734. The molecule has 0 aliphatic heterocycles. The minimum atomic E-state index is 1.07. The van der Waals surface area contributed by atoms with Crippen LogP contribution in [0.4, 0.5) is 0 Å². The van der Waals surface area contributed by atoms with Crippen molar-refractivity contribution >= 4 is 26.8 Å². The Morgan fingerprint density at radius 2 is 2.08 bits per heavy atom. The van der Waals surface area contributed by atoms with Gasteiger partial charge in [0.25, 0.3) is 0 Å². The van der Waals surface area contributed by atoms with Crippen molar-refractivity contribution in [2.75, 3.05) is 0 Å². The molecule has 1 N–H and O–H groups in total. The number of nitrogens with zero attached hydrogens (tertiary/aromatic N) is 1. The molecule has 0 aliphatic rings. The van der Waals surface area contributed by atoms with Crippen LogP contribution in [0.1, 0.15) is 13.8 Å². The second-order valence-corrected chi connectivity index (χ2v) is 3.02. The van der Waals surface area contributed by atoms with Crippen LogP contribution in [0.15, 0.2) is 28.9 Å². The first-order chi connectivity index (χ1) is 5.86. The van der Waals surface area contributed by atoms with E-state index >= 15 is 0 Å². The van der Waals surface area contributed by atoms with Crippen molar-refractivity contribution in [3.63, 3.8) is 0 Å². The Kier molecular flexibility index (Phi) is 3.29. The number of nitrogens with one attached hydrogen (secondary N) is 1. The van der Waals surface area contributed by atoms with Crippen molar-refractivity contribution in [3.8, 4) is 0 Å². The summed E-state index contributed by atoms with van der Waals surface area (Å²) in [5.74, 6) is 0. The normalized spacial score (nSPS) is 9.25. The van der Waals surface area contributed by atoms with E-state index in [1.165, 1.54) is 0 Å². The molecule has 2 nitrogen and oxygen atoms in total. The second-order valence-electron chi connectivity index (χ2n) is 2.10. The monoisotopic (exact) mass is 226 g/mol. The Bertz CT molecular complexity index is 354. The predicted molar refractivity (Wildman–Crippen MR) is 55.1 cm³/mol. The van der Waals surface area contributed by atoms with Crippen molar-refractivity contribution in [1.82, 2.24) is 10.2 Å². The van der Waals surface area contributed by atoms with Crippen LogP contribution in [0.2, 0.25) is 0 Å². The van der Waals surface area contributed by atoms with E-state index in [2.05, 4.69) is 26.1 Å². The standard InChI is InChI=1S/C7H5BrN2.C2H6/c8-6-1-2-7-5(3-6)4-9-10-7;1-2/h1-4H,(H,9,10);1-2H3. The summed E-state index contributed by atoms with van der Waals surface area (Å²) in [5, 5.41) is 7.91. The van der Waals surface area contributed by atoms with E-state index in [1.807, 2.05) is 32.0 Å². The van der Waals surface area contributed by atoms with Crippen LogP contribution in [0.3, 0.4) is 0 Å². The molecule has 2 rings (SSSR count). The Hall–Kier alpha value is -0.830. The summed E-state index contributed by atoms with van der Waals surface area (Å²) in [6.45, 7) is 4.00. The third kappa shape index (κ3) is 1.85. The van der Waals surface area contributed by atoms with E-state index in [1.54, 1.807) is 6.20 Å². The fourth-order valence-corrected chi connectivity index (χ4v) is 1.29. The number of benzene rings is 1. The van der Waals surface area contributed by atoms with E-state index in [9.17, 15) is 0 Å². The molecule has 0 bridgehead atoms. The van der Waals surface area contributed by atoms with Gasteiger partial charge in [-0.25, -0.2) is 0 Å². The van der Waals surface area contributed by atoms with Gasteiger partial charge in [0.05, 0.1) is 11.7 Å². The maximum Gasteiger partial charge on any atom is 0.0651 e. The molecule has 0 amide bonds. The molecule has 3 heteroatoms. The first-order valence-corrected chi connectivity index (χ1v) is 4.74. The molecule has 2 aromatic rings. The van der Waals surface area contributed by atoms with Gasteiger partial charge < -0.3 is 0 Å². The van der Waals surface area contributed by atoms with Crippen LogP contribution in [-0.2, 0) is 0 Å². The van der Waals surface area contributed by atoms with E-state index in [0.29, 0.717) is 0 Å². The molecule has 0 aliphatic carbocycles. The average molecular weight is 227 g/mol. The van der Waals surface area contributed by atoms with Crippen LogP contribution >= 0.6 is 15.9 Å². The number of fused-ring (bicyclic) bond motifs is 1. The van der Waals surface area contributed by atoms with Gasteiger partial charge >= 0.3 is 0 Å². The molecule has 64 valence electrons. The third-order valence-electron chi connectivity index (χ3n) is 1.40. The minimum Gasteiger partial charge on any atom is -0.278 e. The van der Waals surface area contributed by atoms with Crippen molar-refractivity contribution in [2.24, 2.45) is 0 Å². The van der Waals surface area contributed by atoms with Crippen LogP contribution in [0, 0.1) is 0 Å². The number of halogens is 1. The van der Waals surface area contributed by atoms with Gasteiger partial charge in [0.1, 0.15) is 0 Å². The number of hydrogen-bond donors (Lipinski definition) is 1. The van der Waals surface area contributed by atoms with Crippen LogP contribution < -0.4 is 0 Å². The van der Waals surface area contributed by atoms with E-state index < -0.39 is 0 Å². The molecule has 0 saturated carbocycles. The summed E-state index contributed by atoms with van der Waals surface area (Å²) < 4.78 is 1.08. The highest BCUT2D eigenvalue weighted by molar-refractivity contribution is 9.10. The van der Waals surface area contributed by atoms with Gasteiger partial charge in [0.15, 0.2) is 0 Å². The van der Waals surface area contributed by atoms with Gasteiger partial charge in [0, 0.05) is 9.86 Å². The van der Waals surface area contributed by atoms with Gasteiger partial charge in [0.2, 0.25) is 0 Å². The molecular formula is C9H11BrN2. The molecule has 12 heavy (non-hydrogen) atoms. The van der Waals surface area contributed by atoms with E-state index in [0.717, 1.165) is 15.4 Å². The number of aromatic amines is 1. The molecule has 0 saturated heterocycles. The average Bonchev–Trinajstić information content (AvgIpc) is 2.54. The molecule has 0 atom stereocenters. The summed E-state index contributed by atoms with van der Waals surface area (Å²) in [5.41, 5.74) is 1.07. The highest BCUT2D eigenvalue weighted by Crippen LogP contribution is 2.16. The lowest BCUT2D eigenvalue weighted by Crippen LogP contribution is -1.66. The molecule has 1 aromatic carbocycles. The van der Waals surface area contributed by atoms with Crippen molar-refractivity contribution < 1.29 is 0 Å². The van der Waals surface area contributed by atoms with Gasteiger partial charge in [-0.1, -0.05) is 29.8 Å². The Morgan fingerprint density at radius 3 is 2.83 bits per heavy atom. The smallest absolute Gasteiger partial charge is 0.0651 e. The van der Waals surface area contributed by atoms with Gasteiger partial charge in [-0.2, -0.15) is 5.10 Å². The largest absolute Gasteiger partial charge is 0.278 e. The van der Waals surface area contributed by atoms with Crippen LogP contribution in [-0.4, -0.2) is 10.2 Å². The molecule has 0 radical (unpaired) electrons. The summed E-state index contributed by atoms with van der Waals surface area (Å²) in [6.07, 6.45) is 1.81. The zero-order chi connectivity index (χ0) is 8.97. The zero-order valence-electron chi connectivity index (χ0n) is 7.13. The van der Waals surface area contributed by atoms with Gasteiger partial charge in [-0.05, 0) is 18.2 Å². The summed E-state index contributed by atoms with van der Waals surface area (Å²) >= 11 is 3.38. The van der Waals surface area contributed by atoms with Crippen LogP contribution in [0.5, 0.6) is 0 Å². The maximum absolute atomic E-state index is 3.90.